The van der Waals surface area contributed by atoms with Gasteiger partial charge >= 0.3 is 0 Å². The molecule has 2 rings (SSSR count). The molecule has 2 unspecified atom stereocenters. The Bertz CT molecular complexity index is 455. The summed E-state index contributed by atoms with van der Waals surface area (Å²) in [6.07, 6.45) is 4.83. The molecular formula is C17H26N2OS. The molecule has 0 aromatic heterocycles. The van der Waals surface area contributed by atoms with Crippen molar-refractivity contribution in [2.45, 2.75) is 55.2 Å². The number of nitrogens with two attached hydrogens (primary N) is 1. The third kappa shape index (κ3) is 4.48. The van der Waals surface area contributed by atoms with Crippen LogP contribution in [0.5, 0.6) is 0 Å². The first-order valence-electron chi connectivity index (χ1n) is 7.80. The quantitative estimate of drug-likeness (QED) is 0.848. The van der Waals surface area contributed by atoms with Gasteiger partial charge in [-0.05, 0) is 31.9 Å². The molecule has 0 spiro atoms. The Balaban J connectivity index is 1.97. The van der Waals surface area contributed by atoms with Crippen LogP contribution in [0, 0.1) is 5.92 Å². The van der Waals surface area contributed by atoms with Gasteiger partial charge in [0.25, 0.3) is 0 Å². The smallest absolute Gasteiger partial charge is 0.224 e. The fraction of sp³-hybridized carbons (Fsp3) is 0.588. The molecule has 1 saturated carbocycles. The van der Waals surface area contributed by atoms with Crippen LogP contribution >= 0.6 is 11.8 Å². The molecule has 3 nitrogen and oxygen atoms in total. The van der Waals surface area contributed by atoms with Gasteiger partial charge in [-0.15, -0.1) is 11.8 Å². The van der Waals surface area contributed by atoms with Crippen LogP contribution in [-0.4, -0.2) is 23.2 Å². The van der Waals surface area contributed by atoms with Gasteiger partial charge in [0.05, 0.1) is 0 Å². The van der Waals surface area contributed by atoms with E-state index in [1.54, 1.807) is 0 Å². The van der Waals surface area contributed by atoms with Crippen LogP contribution in [0.25, 0.3) is 0 Å². The van der Waals surface area contributed by atoms with Crippen molar-refractivity contribution in [3.63, 3.8) is 0 Å². The van der Waals surface area contributed by atoms with E-state index in [9.17, 15) is 4.79 Å². The van der Waals surface area contributed by atoms with E-state index in [2.05, 4.69) is 29.6 Å². The maximum atomic E-state index is 12.1. The van der Waals surface area contributed by atoms with Crippen LogP contribution < -0.4 is 11.1 Å². The minimum Gasteiger partial charge on any atom is -0.354 e. The Kier molecular flexibility index (Phi) is 5.71. The third-order valence-corrected chi connectivity index (χ3v) is 5.87. The van der Waals surface area contributed by atoms with E-state index in [1.807, 2.05) is 31.7 Å². The van der Waals surface area contributed by atoms with Crippen LogP contribution in [0.3, 0.4) is 0 Å². The minimum absolute atomic E-state index is 0.0740. The zero-order valence-corrected chi connectivity index (χ0v) is 13.8. The van der Waals surface area contributed by atoms with Gasteiger partial charge in [0.15, 0.2) is 0 Å². The Morgan fingerprint density at radius 3 is 2.48 bits per heavy atom. The highest BCUT2D eigenvalue weighted by atomic mass is 32.2. The van der Waals surface area contributed by atoms with Crippen LogP contribution in [0.2, 0.25) is 0 Å². The van der Waals surface area contributed by atoms with Crippen molar-refractivity contribution in [1.29, 1.82) is 0 Å². The van der Waals surface area contributed by atoms with Crippen molar-refractivity contribution < 1.29 is 4.79 Å². The maximum absolute atomic E-state index is 12.1. The second kappa shape index (κ2) is 7.32. The van der Waals surface area contributed by atoms with Gasteiger partial charge in [-0.25, -0.2) is 0 Å². The number of rotatable bonds is 6. The van der Waals surface area contributed by atoms with Crippen molar-refractivity contribution in [3.8, 4) is 0 Å². The molecule has 3 N–H and O–H groups in total. The average molecular weight is 306 g/mol. The van der Waals surface area contributed by atoms with Gasteiger partial charge in [0, 0.05) is 28.1 Å². The van der Waals surface area contributed by atoms with Gasteiger partial charge in [-0.3, -0.25) is 4.79 Å². The highest BCUT2D eigenvalue weighted by Gasteiger charge is 2.35. The lowest BCUT2D eigenvalue weighted by Gasteiger charge is -2.29. The fourth-order valence-electron chi connectivity index (χ4n) is 2.72. The highest BCUT2D eigenvalue weighted by molar-refractivity contribution is 8.00. The van der Waals surface area contributed by atoms with Gasteiger partial charge in [-0.2, -0.15) is 0 Å². The first kappa shape index (κ1) is 16.4. The van der Waals surface area contributed by atoms with E-state index in [1.165, 1.54) is 30.6 Å². The number of thioether (sulfide) groups is 1. The second-order valence-corrected chi connectivity index (χ2v) is 7.71. The summed E-state index contributed by atoms with van der Waals surface area (Å²) in [7, 11) is 0. The highest BCUT2D eigenvalue weighted by Crippen LogP contribution is 2.44. The normalized spacial score (nSPS) is 20.0. The lowest BCUT2D eigenvalue weighted by Crippen LogP contribution is -2.44. The maximum Gasteiger partial charge on any atom is 0.224 e. The number of nitrogens with one attached hydrogen (secondary N) is 1. The molecule has 0 bridgehead atoms. The summed E-state index contributed by atoms with van der Waals surface area (Å²) in [5.41, 5.74) is 5.81. The van der Waals surface area contributed by atoms with Gasteiger partial charge in [0.1, 0.15) is 0 Å². The predicted molar refractivity (Wildman–Crippen MR) is 89.3 cm³/mol. The van der Waals surface area contributed by atoms with Gasteiger partial charge in [-0.1, -0.05) is 38.0 Å². The molecule has 1 amide bonds. The molecule has 0 heterocycles. The molecule has 1 fully saturated rings. The number of hydrogen-bond acceptors (Lipinski definition) is 3. The molecule has 116 valence electrons. The van der Waals surface area contributed by atoms with Crippen molar-refractivity contribution >= 4 is 17.7 Å². The van der Waals surface area contributed by atoms with Crippen LogP contribution in [0.15, 0.2) is 35.2 Å². The first-order chi connectivity index (χ1) is 10.0. The molecule has 4 heteroatoms. The molecule has 0 radical (unpaired) electrons. The summed E-state index contributed by atoms with van der Waals surface area (Å²) in [6, 6.07) is 10.4. The Morgan fingerprint density at radius 1 is 1.29 bits per heavy atom. The number of benzene rings is 1. The van der Waals surface area contributed by atoms with E-state index >= 15 is 0 Å². The van der Waals surface area contributed by atoms with Gasteiger partial charge in [0.2, 0.25) is 5.91 Å². The molecule has 0 saturated heterocycles. The average Bonchev–Trinajstić information content (AvgIpc) is 2.94. The number of carbonyl (C=O) groups excluding carboxylic acids is 1. The van der Waals surface area contributed by atoms with Crippen LogP contribution in [0.4, 0.5) is 0 Å². The van der Waals surface area contributed by atoms with E-state index in [-0.39, 0.29) is 22.6 Å². The zero-order valence-electron chi connectivity index (χ0n) is 13.0. The summed E-state index contributed by atoms with van der Waals surface area (Å²) in [5.74, 6) is -0.0601. The Labute approximate surface area is 132 Å². The van der Waals surface area contributed by atoms with Crippen LogP contribution in [-0.2, 0) is 4.79 Å². The van der Waals surface area contributed by atoms with E-state index in [0.29, 0.717) is 0 Å². The van der Waals surface area contributed by atoms with Gasteiger partial charge < -0.3 is 11.1 Å². The third-order valence-electron chi connectivity index (χ3n) is 4.38. The zero-order chi connectivity index (χ0) is 15.3. The molecule has 1 aromatic rings. The van der Waals surface area contributed by atoms with E-state index in [4.69, 9.17) is 5.73 Å². The number of hydrogen-bond donors (Lipinski definition) is 2. The lowest BCUT2D eigenvalue weighted by molar-refractivity contribution is -0.125. The molecule has 1 aliphatic carbocycles. The number of carbonyl (C=O) groups is 1. The van der Waals surface area contributed by atoms with Crippen molar-refractivity contribution in [2.75, 3.05) is 6.54 Å². The van der Waals surface area contributed by atoms with Crippen molar-refractivity contribution in [2.24, 2.45) is 11.7 Å². The summed E-state index contributed by atoms with van der Waals surface area (Å²) in [6.45, 7) is 4.52. The minimum atomic E-state index is -0.134. The molecule has 1 aliphatic rings. The number of amides is 1. The summed E-state index contributed by atoms with van der Waals surface area (Å²) < 4.78 is 0.147. The molecule has 2 atom stereocenters. The van der Waals surface area contributed by atoms with E-state index < -0.39 is 0 Å². The Hall–Kier alpha value is -1.00. The molecule has 1 aromatic carbocycles. The lowest BCUT2D eigenvalue weighted by atomic mass is 10.0. The SMILES string of the molecule is CC(N)C(C)C(=O)NCC1(Sc2ccccc2)CCCC1. The second-order valence-electron chi connectivity index (χ2n) is 6.17. The fourth-order valence-corrected chi connectivity index (χ4v) is 4.15. The van der Waals surface area contributed by atoms with Crippen LogP contribution in [0.1, 0.15) is 39.5 Å². The van der Waals surface area contributed by atoms with Crippen molar-refractivity contribution in [1.82, 2.24) is 5.32 Å². The summed E-state index contributed by atoms with van der Waals surface area (Å²) in [4.78, 5) is 13.4. The largest absolute Gasteiger partial charge is 0.354 e. The molecular weight excluding hydrogens is 280 g/mol. The molecule has 21 heavy (non-hydrogen) atoms. The predicted octanol–water partition coefficient (Wildman–Crippen LogP) is 3.19. The van der Waals surface area contributed by atoms with E-state index in [0.717, 1.165) is 6.54 Å². The summed E-state index contributed by atoms with van der Waals surface area (Å²) in [5, 5.41) is 3.13. The van der Waals surface area contributed by atoms with Crippen molar-refractivity contribution in [3.05, 3.63) is 30.3 Å². The standard InChI is InChI=1S/C17H26N2OS/c1-13(14(2)18)16(20)19-12-17(10-6-7-11-17)21-15-8-4-3-5-9-15/h3-5,8-9,13-14H,6-7,10-12,18H2,1-2H3,(H,19,20). The Morgan fingerprint density at radius 2 is 1.90 bits per heavy atom. The summed E-state index contributed by atoms with van der Waals surface area (Å²) >= 11 is 1.91. The molecule has 0 aliphatic heterocycles. The topological polar surface area (TPSA) is 55.1 Å². The first-order valence-corrected chi connectivity index (χ1v) is 8.61. The monoisotopic (exact) mass is 306 g/mol.